The molecule has 106 valence electrons. The summed E-state index contributed by atoms with van der Waals surface area (Å²) in [4.78, 5) is 13.9. The number of anilines is 1. The lowest BCUT2D eigenvalue weighted by atomic mass is 10.2. The summed E-state index contributed by atoms with van der Waals surface area (Å²) in [5.41, 5.74) is 0.524. The molecule has 3 nitrogen and oxygen atoms in total. The van der Waals surface area contributed by atoms with E-state index in [-0.39, 0.29) is 10.9 Å². The van der Waals surface area contributed by atoms with Crippen LogP contribution in [0, 0.1) is 5.82 Å². The Bertz CT molecular complexity index is 443. The van der Waals surface area contributed by atoms with E-state index in [1.165, 1.54) is 12.1 Å². The van der Waals surface area contributed by atoms with E-state index in [1.54, 1.807) is 11.8 Å². The number of halogens is 3. The van der Waals surface area contributed by atoms with Crippen LogP contribution in [0.1, 0.15) is 20.8 Å². The molecule has 0 aliphatic heterocycles. The predicted octanol–water partition coefficient (Wildman–Crippen LogP) is 3.91. The summed E-state index contributed by atoms with van der Waals surface area (Å²) in [5, 5.41) is 3.26. The molecule has 0 radical (unpaired) electrons. The van der Waals surface area contributed by atoms with Crippen molar-refractivity contribution >= 4 is 39.1 Å². The number of likely N-dealkylation sites (N-methyl/N-ethyl adjacent to an activating group) is 1. The smallest absolute Gasteiger partial charge is 0.244 e. The third kappa shape index (κ3) is 4.08. The lowest BCUT2D eigenvalue weighted by Gasteiger charge is -2.24. The van der Waals surface area contributed by atoms with E-state index in [0.29, 0.717) is 23.2 Å². The fourth-order valence-electron chi connectivity index (χ4n) is 1.77. The second-order valence-corrected chi connectivity index (χ2v) is 5.38. The minimum absolute atomic E-state index is 0.0164. The maximum absolute atomic E-state index is 13.1. The molecule has 1 rings (SSSR count). The van der Waals surface area contributed by atoms with E-state index >= 15 is 0 Å². The van der Waals surface area contributed by atoms with E-state index in [0.717, 1.165) is 0 Å². The van der Waals surface area contributed by atoms with Crippen LogP contribution in [-0.4, -0.2) is 29.9 Å². The number of hydrogen-bond donors (Lipinski definition) is 1. The van der Waals surface area contributed by atoms with Crippen molar-refractivity contribution in [3.8, 4) is 0 Å². The number of amides is 1. The summed E-state index contributed by atoms with van der Waals surface area (Å²) >= 11 is 9.21. The average molecular weight is 352 g/mol. The Hall–Kier alpha value is -0.810. The van der Waals surface area contributed by atoms with Crippen molar-refractivity contribution in [2.45, 2.75) is 26.8 Å². The number of carbonyl (C=O) groups excluding carboxylic acids is 1. The fourth-order valence-corrected chi connectivity index (χ4v) is 2.69. The van der Waals surface area contributed by atoms with Crippen LogP contribution in [0.5, 0.6) is 0 Å². The first-order chi connectivity index (χ1) is 8.90. The molecular weight excluding hydrogens is 335 g/mol. The van der Waals surface area contributed by atoms with Gasteiger partial charge in [0.1, 0.15) is 11.9 Å². The highest BCUT2D eigenvalue weighted by Crippen LogP contribution is 2.32. The minimum Gasteiger partial charge on any atom is -0.372 e. The highest BCUT2D eigenvalue weighted by Gasteiger charge is 2.20. The molecule has 0 fully saturated rings. The Balaban J connectivity index is 2.88. The van der Waals surface area contributed by atoms with Crippen LogP contribution in [0.3, 0.4) is 0 Å². The summed E-state index contributed by atoms with van der Waals surface area (Å²) in [5.74, 6) is -0.442. The van der Waals surface area contributed by atoms with Crippen LogP contribution < -0.4 is 5.32 Å². The zero-order valence-electron chi connectivity index (χ0n) is 11.1. The number of benzene rings is 1. The first-order valence-corrected chi connectivity index (χ1v) is 7.27. The number of nitrogens with zero attached hydrogens (tertiary/aromatic N) is 1. The van der Waals surface area contributed by atoms with Crippen molar-refractivity contribution in [2.24, 2.45) is 0 Å². The average Bonchev–Trinajstić information content (AvgIpc) is 2.34. The van der Waals surface area contributed by atoms with E-state index in [2.05, 4.69) is 21.2 Å². The molecule has 1 aromatic rings. The molecule has 1 N–H and O–H groups in total. The van der Waals surface area contributed by atoms with Crippen molar-refractivity contribution < 1.29 is 9.18 Å². The first-order valence-electron chi connectivity index (χ1n) is 6.10. The molecule has 0 saturated heterocycles. The lowest BCUT2D eigenvalue weighted by Crippen LogP contribution is -2.41. The van der Waals surface area contributed by atoms with Gasteiger partial charge in [-0.1, -0.05) is 11.6 Å². The van der Waals surface area contributed by atoms with Crippen molar-refractivity contribution in [2.75, 3.05) is 18.4 Å². The third-order valence-electron chi connectivity index (χ3n) is 2.81. The van der Waals surface area contributed by atoms with Crippen molar-refractivity contribution in [3.63, 3.8) is 0 Å². The van der Waals surface area contributed by atoms with Gasteiger partial charge in [-0.3, -0.25) is 4.79 Å². The van der Waals surface area contributed by atoms with Gasteiger partial charge < -0.3 is 10.2 Å². The highest BCUT2D eigenvalue weighted by molar-refractivity contribution is 9.10. The van der Waals surface area contributed by atoms with Gasteiger partial charge in [-0.05, 0) is 48.8 Å². The van der Waals surface area contributed by atoms with Crippen LogP contribution in [0.4, 0.5) is 10.1 Å². The molecule has 0 bridgehead atoms. The standard InChI is InChI=1S/C13H17BrClFN2O/c1-4-18(5-2)13(19)8(3)17-12-10(14)6-9(16)7-11(12)15/h6-8,17H,4-5H2,1-3H3. The van der Waals surface area contributed by atoms with Gasteiger partial charge in [0.05, 0.1) is 10.7 Å². The van der Waals surface area contributed by atoms with E-state index in [4.69, 9.17) is 11.6 Å². The summed E-state index contributed by atoms with van der Waals surface area (Å²) < 4.78 is 13.6. The van der Waals surface area contributed by atoms with Gasteiger partial charge in [-0.15, -0.1) is 0 Å². The highest BCUT2D eigenvalue weighted by atomic mass is 79.9. The molecule has 6 heteroatoms. The summed E-state index contributed by atoms with van der Waals surface area (Å²) in [6, 6.07) is 2.09. The molecule has 1 aromatic carbocycles. The Labute approximate surface area is 126 Å². The molecule has 0 saturated carbocycles. The summed E-state index contributed by atoms with van der Waals surface area (Å²) in [6.45, 7) is 6.91. The molecule has 19 heavy (non-hydrogen) atoms. The number of hydrogen-bond acceptors (Lipinski definition) is 2. The molecule has 1 amide bonds. The van der Waals surface area contributed by atoms with Crippen LogP contribution in [0.2, 0.25) is 5.02 Å². The van der Waals surface area contributed by atoms with Crippen LogP contribution in [0.25, 0.3) is 0 Å². The predicted molar refractivity (Wildman–Crippen MR) is 80.1 cm³/mol. The molecule has 0 aliphatic carbocycles. The number of carbonyl (C=O) groups is 1. The van der Waals surface area contributed by atoms with Gasteiger partial charge in [0, 0.05) is 17.6 Å². The van der Waals surface area contributed by atoms with Gasteiger partial charge in [-0.2, -0.15) is 0 Å². The minimum atomic E-state index is -0.431. The van der Waals surface area contributed by atoms with E-state index in [9.17, 15) is 9.18 Å². The molecule has 0 heterocycles. The van der Waals surface area contributed by atoms with E-state index < -0.39 is 11.9 Å². The maximum atomic E-state index is 13.1. The van der Waals surface area contributed by atoms with Crippen molar-refractivity contribution in [3.05, 3.63) is 27.4 Å². The third-order valence-corrected chi connectivity index (χ3v) is 3.74. The Morgan fingerprint density at radius 2 is 2.05 bits per heavy atom. The molecule has 0 aliphatic rings. The van der Waals surface area contributed by atoms with Gasteiger partial charge >= 0.3 is 0 Å². The topological polar surface area (TPSA) is 32.3 Å². The largest absolute Gasteiger partial charge is 0.372 e. The van der Waals surface area contributed by atoms with E-state index in [1.807, 2.05) is 13.8 Å². The zero-order valence-corrected chi connectivity index (χ0v) is 13.5. The first kappa shape index (κ1) is 16.2. The van der Waals surface area contributed by atoms with Crippen molar-refractivity contribution in [1.29, 1.82) is 0 Å². The molecule has 0 aromatic heterocycles. The van der Waals surface area contributed by atoms with Gasteiger partial charge in [-0.25, -0.2) is 4.39 Å². The number of rotatable bonds is 5. The van der Waals surface area contributed by atoms with Crippen LogP contribution in [0.15, 0.2) is 16.6 Å². The second-order valence-electron chi connectivity index (χ2n) is 4.12. The van der Waals surface area contributed by atoms with Gasteiger partial charge in [0.25, 0.3) is 0 Å². The summed E-state index contributed by atoms with van der Waals surface area (Å²) in [6.07, 6.45) is 0. The Kier molecular flexibility index (Phi) is 6.07. The Morgan fingerprint density at radius 3 is 2.53 bits per heavy atom. The molecule has 1 atom stereocenters. The Morgan fingerprint density at radius 1 is 1.47 bits per heavy atom. The van der Waals surface area contributed by atoms with Crippen LogP contribution >= 0.6 is 27.5 Å². The maximum Gasteiger partial charge on any atom is 0.244 e. The molecule has 1 unspecified atom stereocenters. The van der Waals surface area contributed by atoms with Crippen LogP contribution in [-0.2, 0) is 4.79 Å². The van der Waals surface area contributed by atoms with Crippen molar-refractivity contribution in [1.82, 2.24) is 4.90 Å². The molecule has 0 spiro atoms. The number of nitrogens with one attached hydrogen (secondary N) is 1. The summed E-state index contributed by atoms with van der Waals surface area (Å²) in [7, 11) is 0. The normalized spacial score (nSPS) is 12.1. The zero-order chi connectivity index (χ0) is 14.6. The monoisotopic (exact) mass is 350 g/mol. The second kappa shape index (κ2) is 7.10. The fraction of sp³-hybridized carbons (Fsp3) is 0.462. The quantitative estimate of drug-likeness (QED) is 0.872. The van der Waals surface area contributed by atoms with Gasteiger partial charge in [0.2, 0.25) is 5.91 Å². The SMILES string of the molecule is CCN(CC)C(=O)C(C)Nc1c(Cl)cc(F)cc1Br. The van der Waals surface area contributed by atoms with Gasteiger partial charge in [0.15, 0.2) is 0 Å². The molecular formula is C13H17BrClFN2O. The lowest BCUT2D eigenvalue weighted by molar-refractivity contribution is -0.131.